The normalized spacial score (nSPS) is 21.0. The molecule has 2 N–H and O–H groups in total. The van der Waals surface area contributed by atoms with Gasteiger partial charge in [0.1, 0.15) is 5.75 Å². The number of rotatable bonds is 2. The fourth-order valence-electron chi connectivity index (χ4n) is 2.49. The lowest BCUT2D eigenvalue weighted by Gasteiger charge is -2.23. The average Bonchev–Trinajstić information content (AvgIpc) is 2.27. The van der Waals surface area contributed by atoms with Crippen LogP contribution in [-0.4, -0.2) is 18.2 Å². The zero-order valence-corrected chi connectivity index (χ0v) is 10.2. The van der Waals surface area contributed by atoms with Gasteiger partial charge in [-0.1, -0.05) is 6.07 Å². The molecule has 0 aliphatic carbocycles. The minimum Gasteiger partial charge on any atom is -0.508 e. The molecule has 0 spiro atoms. The number of benzene rings is 1. The van der Waals surface area contributed by atoms with Crippen LogP contribution in [0.2, 0.25) is 0 Å². The third-order valence-corrected chi connectivity index (χ3v) is 3.56. The summed E-state index contributed by atoms with van der Waals surface area (Å²) >= 11 is 0. The molecule has 0 bridgehead atoms. The lowest BCUT2D eigenvalue weighted by Crippen LogP contribution is -2.31. The van der Waals surface area contributed by atoms with E-state index in [1.165, 1.54) is 30.5 Å². The molecule has 88 valence electrons. The topological polar surface area (TPSA) is 32.3 Å². The highest BCUT2D eigenvalue weighted by atomic mass is 16.3. The van der Waals surface area contributed by atoms with Gasteiger partial charge in [0.25, 0.3) is 0 Å². The first-order valence-corrected chi connectivity index (χ1v) is 6.16. The Morgan fingerprint density at radius 2 is 2.12 bits per heavy atom. The van der Waals surface area contributed by atoms with Crippen LogP contribution in [0.25, 0.3) is 0 Å². The van der Waals surface area contributed by atoms with Crippen LogP contribution in [0.1, 0.15) is 29.5 Å². The van der Waals surface area contributed by atoms with Crippen LogP contribution in [-0.2, 0) is 6.42 Å². The Labute approximate surface area is 97.7 Å². The standard InChI is InChI=1S/C14H21NO/c1-10-7-14(16)11(2)6-13(10)8-12-4-3-5-15-9-12/h6-7,12,15-16H,3-5,8-9H2,1-2H3. The molecule has 1 aliphatic rings. The maximum absolute atomic E-state index is 9.62. The van der Waals surface area contributed by atoms with Gasteiger partial charge in [-0.05, 0) is 74.9 Å². The van der Waals surface area contributed by atoms with Crippen molar-refractivity contribution >= 4 is 0 Å². The summed E-state index contributed by atoms with van der Waals surface area (Å²) in [6.07, 6.45) is 3.76. The Balaban J connectivity index is 2.11. The van der Waals surface area contributed by atoms with Gasteiger partial charge in [-0.2, -0.15) is 0 Å². The number of piperidine rings is 1. The fourth-order valence-corrected chi connectivity index (χ4v) is 2.49. The highest BCUT2D eigenvalue weighted by molar-refractivity contribution is 5.40. The van der Waals surface area contributed by atoms with Crippen LogP contribution < -0.4 is 5.32 Å². The Bertz CT molecular complexity index is 367. The maximum atomic E-state index is 9.62. The summed E-state index contributed by atoms with van der Waals surface area (Å²) in [5.41, 5.74) is 3.60. The molecule has 1 atom stereocenters. The predicted octanol–water partition coefficient (Wildman–Crippen LogP) is 2.55. The first kappa shape index (κ1) is 11.5. The van der Waals surface area contributed by atoms with Gasteiger partial charge in [-0.25, -0.2) is 0 Å². The Kier molecular flexibility index (Phi) is 3.49. The molecule has 0 saturated carbocycles. The van der Waals surface area contributed by atoms with E-state index in [-0.39, 0.29) is 0 Å². The number of hydrogen-bond donors (Lipinski definition) is 2. The van der Waals surface area contributed by atoms with E-state index in [0.717, 1.165) is 24.4 Å². The predicted molar refractivity (Wildman–Crippen MR) is 66.9 cm³/mol. The molecule has 2 heteroatoms. The van der Waals surface area contributed by atoms with Crippen molar-refractivity contribution in [1.29, 1.82) is 0 Å². The fraction of sp³-hybridized carbons (Fsp3) is 0.571. The van der Waals surface area contributed by atoms with E-state index in [2.05, 4.69) is 18.3 Å². The summed E-state index contributed by atoms with van der Waals surface area (Å²) in [5, 5.41) is 13.1. The van der Waals surface area contributed by atoms with Crippen LogP contribution in [0.4, 0.5) is 0 Å². The third kappa shape index (κ3) is 2.56. The Hall–Kier alpha value is -1.02. The van der Waals surface area contributed by atoms with Crippen molar-refractivity contribution in [3.8, 4) is 5.75 Å². The molecule has 1 aromatic rings. The molecule has 0 radical (unpaired) electrons. The van der Waals surface area contributed by atoms with Gasteiger partial charge in [0, 0.05) is 0 Å². The molecule has 1 fully saturated rings. The van der Waals surface area contributed by atoms with E-state index in [1.54, 1.807) is 0 Å². The zero-order valence-electron chi connectivity index (χ0n) is 10.2. The zero-order chi connectivity index (χ0) is 11.5. The average molecular weight is 219 g/mol. The Morgan fingerprint density at radius 3 is 2.81 bits per heavy atom. The number of hydrogen-bond acceptors (Lipinski definition) is 2. The molecule has 1 aliphatic heterocycles. The largest absolute Gasteiger partial charge is 0.508 e. The van der Waals surface area contributed by atoms with Crippen molar-refractivity contribution in [3.05, 3.63) is 28.8 Å². The lowest BCUT2D eigenvalue weighted by molar-refractivity contribution is 0.375. The van der Waals surface area contributed by atoms with Crippen LogP contribution in [0.15, 0.2) is 12.1 Å². The van der Waals surface area contributed by atoms with Crippen molar-refractivity contribution in [2.75, 3.05) is 13.1 Å². The van der Waals surface area contributed by atoms with Crippen molar-refractivity contribution < 1.29 is 5.11 Å². The second-order valence-corrected chi connectivity index (χ2v) is 4.98. The second-order valence-electron chi connectivity index (χ2n) is 4.98. The summed E-state index contributed by atoms with van der Waals surface area (Å²) in [5.74, 6) is 1.18. The highest BCUT2D eigenvalue weighted by Crippen LogP contribution is 2.25. The van der Waals surface area contributed by atoms with E-state index in [0.29, 0.717) is 5.75 Å². The molecule has 1 saturated heterocycles. The van der Waals surface area contributed by atoms with E-state index in [4.69, 9.17) is 0 Å². The summed E-state index contributed by atoms with van der Waals surface area (Å²) in [6.45, 7) is 6.37. The first-order chi connectivity index (χ1) is 7.66. The van der Waals surface area contributed by atoms with Crippen molar-refractivity contribution in [1.82, 2.24) is 5.32 Å². The van der Waals surface area contributed by atoms with Crippen molar-refractivity contribution in [2.45, 2.75) is 33.1 Å². The SMILES string of the molecule is Cc1cc(CC2CCCNC2)c(C)cc1O. The number of aryl methyl sites for hydroxylation is 2. The number of phenolic OH excluding ortho intramolecular Hbond substituents is 1. The molecule has 0 aromatic heterocycles. The van der Waals surface area contributed by atoms with E-state index >= 15 is 0 Å². The van der Waals surface area contributed by atoms with E-state index < -0.39 is 0 Å². The third-order valence-electron chi connectivity index (χ3n) is 3.56. The quantitative estimate of drug-likeness (QED) is 0.801. The summed E-state index contributed by atoms with van der Waals surface area (Å²) in [6, 6.07) is 4.03. The van der Waals surface area contributed by atoms with Crippen LogP contribution in [0.5, 0.6) is 5.75 Å². The van der Waals surface area contributed by atoms with E-state index in [9.17, 15) is 5.11 Å². The van der Waals surface area contributed by atoms with Crippen LogP contribution in [0, 0.1) is 19.8 Å². The molecule has 1 heterocycles. The molecule has 1 aromatic carbocycles. The van der Waals surface area contributed by atoms with Crippen LogP contribution >= 0.6 is 0 Å². The molecule has 16 heavy (non-hydrogen) atoms. The van der Waals surface area contributed by atoms with Gasteiger partial charge in [-0.15, -0.1) is 0 Å². The minimum absolute atomic E-state index is 0.419. The maximum Gasteiger partial charge on any atom is 0.118 e. The van der Waals surface area contributed by atoms with Gasteiger partial charge < -0.3 is 10.4 Å². The van der Waals surface area contributed by atoms with Crippen molar-refractivity contribution in [3.63, 3.8) is 0 Å². The number of phenols is 1. The van der Waals surface area contributed by atoms with Gasteiger partial charge in [0.2, 0.25) is 0 Å². The highest BCUT2D eigenvalue weighted by Gasteiger charge is 2.15. The minimum atomic E-state index is 0.419. The summed E-state index contributed by atoms with van der Waals surface area (Å²) in [7, 11) is 0. The number of aromatic hydroxyl groups is 1. The monoisotopic (exact) mass is 219 g/mol. The van der Waals surface area contributed by atoms with Gasteiger partial charge in [0.15, 0.2) is 0 Å². The Morgan fingerprint density at radius 1 is 1.31 bits per heavy atom. The first-order valence-electron chi connectivity index (χ1n) is 6.16. The number of nitrogens with one attached hydrogen (secondary N) is 1. The lowest BCUT2D eigenvalue weighted by atomic mass is 9.89. The molecule has 1 unspecified atom stereocenters. The van der Waals surface area contributed by atoms with E-state index in [1.807, 2.05) is 13.0 Å². The van der Waals surface area contributed by atoms with Gasteiger partial charge >= 0.3 is 0 Å². The van der Waals surface area contributed by atoms with Crippen LogP contribution in [0.3, 0.4) is 0 Å². The molecule has 0 amide bonds. The summed E-state index contributed by atoms with van der Waals surface area (Å²) < 4.78 is 0. The molecular weight excluding hydrogens is 198 g/mol. The van der Waals surface area contributed by atoms with Gasteiger partial charge in [-0.3, -0.25) is 0 Å². The molecule has 2 nitrogen and oxygen atoms in total. The smallest absolute Gasteiger partial charge is 0.118 e. The molecule has 2 rings (SSSR count). The van der Waals surface area contributed by atoms with Gasteiger partial charge in [0.05, 0.1) is 0 Å². The van der Waals surface area contributed by atoms with Crippen molar-refractivity contribution in [2.24, 2.45) is 5.92 Å². The molecular formula is C14H21NO. The summed E-state index contributed by atoms with van der Waals surface area (Å²) in [4.78, 5) is 0. The second kappa shape index (κ2) is 4.88.